The van der Waals surface area contributed by atoms with Crippen LogP contribution in [-0.4, -0.2) is 22.4 Å². The summed E-state index contributed by atoms with van der Waals surface area (Å²) in [5, 5.41) is 15.5. The van der Waals surface area contributed by atoms with Gasteiger partial charge in [-0.2, -0.15) is 0 Å². The van der Waals surface area contributed by atoms with Crippen LogP contribution < -0.4 is 5.73 Å². The molecule has 178 valence electrons. The first kappa shape index (κ1) is 23.6. The summed E-state index contributed by atoms with van der Waals surface area (Å²) in [4.78, 5) is 42.1. The molecule has 4 rings (SSSR count). The predicted octanol–water partition coefficient (Wildman–Crippen LogP) is 5.70. The zero-order valence-electron chi connectivity index (χ0n) is 19.1. The van der Waals surface area contributed by atoms with Crippen LogP contribution in [0.3, 0.4) is 0 Å². The molecule has 0 heterocycles. The van der Waals surface area contributed by atoms with Crippen molar-refractivity contribution in [1.82, 2.24) is 0 Å². The van der Waals surface area contributed by atoms with Crippen LogP contribution >= 0.6 is 0 Å². The number of oxime groups is 1. The minimum Gasteiger partial charge on any atom is -0.399 e. The number of nitro benzene ring substituents is 1. The molecule has 2 aliphatic rings. The number of carbonyl (C=O) groups is 2. The molecule has 0 aromatic heterocycles. The first-order chi connectivity index (χ1) is 16.4. The van der Waals surface area contributed by atoms with E-state index in [0.29, 0.717) is 22.4 Å². The molecule has 0 unspecified atom stereocenters. The van der Waals surface area contributed by atoms with Gasteiger partial charge in [-0.1, -0.05) is 61.5 Å². The van der Waals surface area contributed by atoms with Gasteiger partial charge in [0.25, 0.3) is 5.69 Å². The summed E-state index contributed by atoms with van der Waals surface area (Å²) < 4.78 is 0. The van der Waals surface area contributed by atoms with Crippen molar-refractivity contribution in [3.63, 3.8) is 0 Å². The summed E-state index contributed by atoms with van der Waals surface area (Å²) in [7, 11) is 0. The molecule has 2 aromatic carbocycles. The zero-order chi connectivity index (χ0) is 24.1. The Morgan fingerprint density at radius 2 is 1.53 bits per heavy atom. The van der Waals surface area contributed by atoms with Gasteiger partial charge in [0.05, 0.1) is 16.4 Å². The van der Waals surface area contributed by atoms with E-state index in [1.54, 1.807) is 36.4 Å². The SMILES string of the molecule is Nc1ccc(-c2ccc(C(=O)/C(=N\OC(=O)C3CCCCC3)C3CCCC3)cc2)c([N+](=O)[O-])c1. The number of nitrogen functional groups attached to an aromatic ring is 1. The van der Waals surface area contributed by atoms with Crippen LogP contribution in [0.15, 0.2) is 47.6 Å². The number of hydrogen-bond donors (Lipinski definition) is 1. The van der Waals surface area contributed by atoms with Gasteiger partial charge in [0, 0.05) is 23.2 Å². The molecule has 34 heavy (non-hydrogen) atoms. The molecule has 0 bridgehead atoms. The highest BCUT2D eigenvalue weighted by molar-refractivity contribution is 6.46. The van der Waals surface area contributed by atoms with Crippen LogP contribution in [-0.2, 0) is 9.63 Å². The molecule has 0 radical (unpaired) electrons. The summed E-state index contributed by atoms with van der Waals surface area (Å²) in [5.74, 6) is -0.812. The molecule has 8 nitrogen and oxygen atoms in total. The predicted molar refractivity (Wildman–Crippen MR) is 129 cm³/mol. The van der Waals surface area contributed by atoms with E-state index in [2.05, 4.69) is 5.16 Å². The van der Waals surface area contributed by atoms with E-state index < -0.39 is 4.92 Å². The molecule has 2 N–H and O–H groups in total. The van der Waals surface area contributed by atoms with Gasteiger partial charge < -0.3 is 10.6 Å². The Morgan fingerprint density at radius 3 is 2.18 bits per heavy atom. The number of hydrogen-bond acceptors (Lipinski definition) is 7. The largest absolute Gasteiger partial charge is 0.399 e. The fraction of sp³-hybridized carbons (Fsp3) is 0.423. The van der Waals surface area contributed by atoms with Gasteiger partial charge in [-0.05, 0) is 43.4 Å². The quantitative estimate of drug-likeness (QED) is 0.140. The standard InChI is InChI=1S/C26H29N3O5/c27-21-14-15-22(23(16-21)29(32)33)17-10-12-19(13-11-17)25(30)24(18-6-4-5-7-18)28-34-26(31)20-8-2-1-3-9-20/h10-16,18,20H,1-9,27H2/b28-24-. The van der Waals surface area contributed by atoms with Gasteiger partial charge in [-0.25, -0.2) is 4.79 Å². The highest BCUT2D eigenvalue weighted by Gasteiger charge is 2.29. The van der Waals surface area contributed by atoms with E-state index in [4.69, 9.17) is 10.6 Å². The van der Waals surface area contributed by atoms with E-state index in [1.807, 2.05) is 0 Å². The number of rotatable bonds is 7. The number of benzene rings is 2. The van der Waals surface area contributed by atoms with Gasteiger partial charge in [-0.15, -0.1) is 0 Å². The summed E-state index contributed by atoms with van der Waals surface area (Å²) in [5.41, 5.74) is 7.62. The highest BCUT2D eigenvalue weighted by Crippen LogP contribution is 2.33. The Balaban J connectivity index is 1.56. The van der Waals surface area contributed by atoms with Gasteiger partial charge in [0.1, 0.15) is 5.71 Å². The van der Waals surface area contributed by atoms with Crippen LogP contribution in [0, 0.1) is 22.0 Å². The zero-order valence-corrected chi connectivity index (χ0v) is 19.1. The number of nitrogens with zero attached hydrogens (tertiary/aromatic N) is 2. The molecule has 0 saturated heterocycles. The Bertz CT molecular complexity index is 1100. The third-order valence-electron chi connectivity index (χ3n) is 6.82. The second kappa shape index (κ2) is 10.6. The fourth-order valence-electron chi connectivity index (χ4n) is 4.90. The lowest BCUT2D eigenvalue weighted by Gasteiger charge is -2.18. The Labute approximate surface area is 198 Å². The molecule has 2 saturated carbocycles. The van der Waals surface area contributed by atoms with Gasteiger partial charge in [0.2, 0.25) is 5.78 Å². The number of nitrogens with two attached hydrogens (primary N) is 1. The van der Waals surface area contributed by atoms with Gasteiger partial charge in [-0.3, -0.25) is 14.9 Å². The maximum atomic E-state index is 13.3. The molecule has 2 aromatic rings. The molecule has 0 atom stereocenters. The van der Waals surface area contributed by atoms with Crippen LogP contribution in [0.25, 0.3) is 11.1 Å². The summed E-state index contributed by atoms with van der Waals surface area (Å²) in [6, 6.07) is 11.1. The minimum atomic E-state index is -0.476. The number of ketones is 1. The molecular weight excluding hydrogens is 434 g/mol. The maximum absolute atomic E-state index is 13.3. The van der Waals surface area contributed by atoms with E-state index >= 15 is 0 Å². The topological polar surface area (TPSA) is 125 Å². The van der Waals surface area contributed by atoms with Crippen LogP contribution in [0.4, 0.5) is 11.4 Å². The number of carbonyl (C=O) groups excluding carboxylic acids is 2. The molecular formula is C26H29N3O5. The van der Waals surface area contributed by atoms with E-state index in [1.165, 1.54) is 6.07 Å². The molecule has 0 aliphatic heterocycles. The van der Waals surface area contributed by atoms with Crippen molar-refractivity contribution in [2.75, 3.05) is 5.73 Å². The van der Waals surface area contributed by atoms with Gasteiger partial charge >= 0.3 is 5.97 Å². The smallest absolute Gasteiger partial charge is 0.338 e. The average molecular weight is 464 g/mol. The third kappa shape index (κ3) is 5.32. The normalized spacial score (nSPS) is 17.5. The summed E-state index contributed by atoms with van der Waals surface area (Å²) >= 11 is 0. The van der Waals surface area contributed by atoms with Crippen molar-refractivity contribution in [1.29, 1.82) is 0 Å². The molecule has 0 amide bonds. The molecule has 2 fully saturated rings. The lowest BCUT2D eigenvalue weighted by Crippen LogP contribution is -2.25. The van der Waals surface area contributed by atoms with E-state index in [-0.39, 0.29) is 35.0 Å². The van der Waals surface area contributed by atoms with Crippen LogP contribution in [0.2, 0.25) is 0 Å². The lowest BCUT2D eigenvalue weighted by molar-refractivity contribution is -0.384. The monoisotopic (exact) mass is 463 g/mol. The van der Waals surface area contributed by atoms with Gasteiger partial charge in [0.15, 0.2) is 0 Å². The van der Waals surface area contributed by atoms with Crippen molar-refractivity contribution >= 4 is 28.8 Å². The number of Topliss-reactive ketones (excluding diaryl/α,β-unsaturated/α-hetero) is 1. The molecule has 0 spiro atoms. The first-order valence-corrected chi connectivity index (χ1v) is 11.9. The lowest BCUT2D eigenvalue weighted by atomic mass is 9.89. The Hall–Kier alpha value is -3.55. The highest BCUT2D eigenvalue weighted by atomic mass is 16.7. The number of nitro groups is 1. The van der Waals surface area contributed by atoms with Crippen molar-refractivity contribution in [2.24, 2.45) is 17.0 Å². The van der Waals surface area contributed by atoms with Crippen molar-refractivity contribution < 1.29 is 19.3 Å². The average Bonchev–Trinajstić information content (AvgIpc) is 3.39. The summed E-state index contributed by atoms with van der Waals surface area (Å²) in [6.45, 7) is 0. The minimum absolute atomic E-state index is 0.0375. The number of anilines is 1. The van der Waals surface area contributed by atoms with E-state index in [9.17, 15) is 19.7 Å². The molecule has 8 heteroatoms. The molecule has 2 aliphatic carbocycles. The van der Waals surface area contributed by atoms with E-state index in [0.717, 1.165) is 57.8 Å². The van der Waals surface area contributed by atoms with Crippen molar-refractivity contribution in [2.45, 2.75) is 57.8 Å². The first-order valence-electron chi connectivity index (χ1n) is 11.9. The van der Waals surface area contributed by atoms with Crippen molar-refractivity contribution in [3.8, 4) is 11.1 Å². The Morgan fingerprint density at radius 1 is 0.912 bits per heavy atom. The van der Waals surface area contributed by atoms with Crippen LogP contribution in [0.5, 0.6) is 0 Å². The maximum Gasteiger partial charge on any atom is 0.338 e. The third-order valence-corrected chi connectivity index (χ3v) is 6.82. The van der Waals surface area contributed by atoms with Crippen molar-refractivity contribution in [3.05, 3.63) is 58.1 Å². The second-order valence-electron chi connectivity index (χ2n) is 9.14. The Kier molecular flexibility index (Phi) is 7.35. The second-order valence-corrected chi connectivity index (χ2v) is 9.14. The fourth-order valence-corrected chi connectivity index (χ4v) is 4.90. The summed E-state index contributed by atoms with van der Waals surface area (Å²) in [6.07, 6.45) is 8.45. The van der Waals surface area contributed by atoms with Crippen LogP contribution in [0.1, 0.15) is 68.1 Å².